The van der Waals surface area contributed by atoms with Crippen LogP contribution in [0, 0.1) is 11.7 Å². The highest BCUT2D eigenvalue weighted by Crippen LogP contribution is 2.31. The van der Waals surface area contributed by atoms with E-state index in [9.17, 15) is 9.18 Å². The molecule has 104 valence electrons. The first-order chi connectivity index (χ1) is 9.00. The van der Waals surface area contributed by atoms with E-state index in [1.807, 2.05) is 11.0 Å². The summed E-state index contributed by atoms with van der Waals surface area (Å²) in [5.74, 6) is -0.755. The number of anilines is 1. The summed E-state index contributed by atoms with van der Waals surface area (Å²) in [6.45, 7) is 3.10. The van der Waals surface area contributed by atoms with Gasteiger partial charge in [-0.2, -0.15) is 0 Å². The minimum atomic E-state index is -0.384. The molecule has 2 atom stereocenters. The Morgan fingerprint density at radius 2 is 2.26 bits per heavy atom. The third kappa shape index (κ3) is 2.87. The van der Waals surface area contributed by atoms with E-state index < -0.39 is 0 Å². The third-order valence-corrected chi connectivity index (χ3v) is 3.65. The molecule has 1 heterocycles. The molecule has 0 aliphatic carbocycles. The van der Waals surface area contributed by atoms with Gasteiger partial charge in [-0.15, -0.1) is 0 Å². The molecule has 2 unspecified atom stereocenters. The molecule has 4 nitrogen and oxygen atoms in total. The van der Waals surface area contributed by atoms with Crippen molar-refractivity contribution in [2.24, 2.45) is 17.4 Å². The largest absolute Gasteiger partial charge is 0.370 e. The Labute approximate surface area is 112 Å². The maximum Gasteiger partial charge on any atom is 0.222 e. The molecular weight excluding hydrogens is 245 g/mol. The molecule has 1 aromatic rings. The van der Waals surface area contributed by atoms with E-state index in [0.717, 1.165) is 25.1 Å². The summed E-state index contributed by atoms with van der Waals surface area (Å²) in [7, 11) is 0. The second-order valence-corrected chi connectivity index (χ2v) is 5.15. The zero-order chi connectivity index (χ0) is 14.0. The Kier molecular flexibility index (Phi) is 4.04. The van der Waals surface area contributed by atoms with Crippen LogP contribution in [0.2, 0.25) is 0 Å². The van der Waals surface area contributed by atoms with Crippen molar-refractivity contribution >= 4 is 11.6 Å². The molecule has 0 aromatic heterocycles. The molecule has 0 saturated carbocycles. The molecule has 0 radical (unpaired) electrons. The van der Waals surface area contributed by atoms with Crippen LogP contribution in [-0.2, 0) is 4.79 Å². The second-order valence-electron chi connectivity index (χ2n) is 5.15. The molecule has 19 heavy (non-hydrogen) atoms. The SMILES string of the molecule is CC(N)c1c(F)cccc1N1CCCC(C(N)=O)C1. The standard InChI is InChI=1S/C14H20FN3O/c1-9(16)13-11(15)5-2-6-12(13)18-7-3-4-10(8-18)14(17)19/h2,5-6,9-10H,3-4,7-8,16H2,1H3,(H2,17,19). The minimum absolute atomic E-state index is 0.169. The molecule has 1 aliphatic heterocycles. The molecule has 1 aliphatic rings. The highest BCUT2D eigenvalue weighted by molar-refractivity contribution is 5.77. The lowest BCUT2D eigenvalue weighted by molar-refractivity contribution is -0.122. The van der Waals surface area contributed by atoms with Gasteiger partial charge in [0.05, 0.1) is 5.92 Å². The number of rotatable bonds is 3. The predicted molar refractivity (Wildman–Crippen MR) is 73.1 cm³/mol. The summed E-state index contributed by atoms with van der Waals surface area (Å²) in [6, 6.07) is 4.55. The fraction of sp³-hybridized carbons (Fsp3) is 0.500. The number of primary amides is 1. The Hall–Kier alpha value is -1.62. The molecule has 1 saturated heterocycles. The van der Waals surface area contributed by atoms with Crippen LogP contribution in [0.4, 0.5) is 10.1 Å². The van der Waals surface area contributed by atoms with Crippen LogP contribution in [-0.4, -0.2) is 19.0 Å². The number of nitrogens with two attached hydrogens (primary N) is 2. The van der Waals surface area contributed by atoms with Gasteiger partial charge in [-0.1, -0.05) is 6.07 Å². The zero-order valence-electron chi connectivity index (χ0n) is 11.1. The molecule has 1 aromatic carbocycles. The van der Waals surface area contributed by atoms with Crippen LogP contribution in [0.1, 0.15) is 31.4 Å². The second kappa shape index (κ2) is 5.57. The predicted octanol–water partition coefficient (Wildman–Crippen LogP) is 1.55. The van der Waals surface area contributed by atoms with Gasteiger partial charge in [0, 0.05) is 30.4 Å². The average molecular weight is 265 g/mol. The van der Waals surface area contributed by atoms with Crippen LogP contribution >= 0.6 is 0 Å². The third-order valence-electron chi connectivity index (χ3n) is 3.65. The van der Waals surface area contributed by atoms with E-state index >= 15 is 0 Å². The van der Waals surface area contributed by atoms with Gasteiger partial charge in [0.15, 0.2) is 0 Å². The van der Waals surface area contributed by atoms with Gasteiger partial charge in [-0.3, -0.25) is 4.79 Å². The van der Waals surface area contributed by atoms with Crippen molar-refractivity contribution in [2.75, 3.05) is 18.0 Å². The first kappa shape index (κ1) is 13.8. The van der Waals surface area contributed by atoms with Gasteiger partial charge in [-0.05, 0) is 31.9 Å². The van der Waals surface area contributed by atoms with Gasteiger partial charge in [0.2, 0.25) is 5.91 Å². The number of piperidine rings is 1. The first-order valence-electron chi connectivity index (χ1n) is 6.59. The van der Waals surface area contributed by atoms with E-state index in [1.54, 1.807) is 13.0 Å². The molecular formula is C14H20FN3O. The molecule has 1 fully saturated rings. The van der Waals surface area contributed by atoms with Gasteiger partial charge < -0.3 is 16.4 Å². The summed E-state index contributed by atoms with van der Waals surface area (Å²) in [6.07, 6.45) is 1.68. The Balaban J connectivity index is 2.31. The average Bonchev–Trinajstić information content (AvgIpc) is 2.38. The first-order valence-corrected chi connectivity index (χ1v) is 6.59. The fourth-order valence-corrected chi connectivity index (χ4v) is 2.68. The molecule has 4 N–H and O–H groups in total. The van der Waals surface area contributed by atoms with Gasteiger partial charge >= 0.3 is 0 Å². The van der Waals surface area contributed by atoms with Gasteiger partial charge in [0.1, 0.15) is 5.82 Å². The molecule has 2 rings (SSSR count). The number of halogens is 1. The van der Waals surface area contributed by atoms with Crippen LogP contribution in [0.15, 0.2) is 18.2 Å². The van der Waals surface area contributed by atoms with Gasteiger partial charge in [-0.25, -0.2) is 4.39 Å². The summed E-state index contributed by atoms with van der Waals surface area (Å²) in [5.41, 5.74) is 12.5. The highest BCUT2D eigenvalue weighted by Gasteiger charge is 2.26. The van der Waals surface area contributed by atoms with E-state index in [0.29, 0.717) is 12.1 Å². The monoisotopic (exact) mass is 265 g/mol. The van der Waals surface area contributed by atoms with Crippen LogP contribution in [0.3, 0.4) is 0 Å². The summed E-state index contributed by atoms with van der Waals surface area (Å²) in [5, 5.41) is 0. The smallest absolute Gasteiger partial charge is 0.222 e. The quantitative estimate of drug-likeness (QED) is 0.871. The van der Waals surface area contributed by atoms with Crippen molar-refractivity contribution < 1.29 is 9.18 Å². The van der Waals surface area contributed by atoms with Crippen LogP contribution < -0.4 is 16.4 Å². The summed E-state index contributed by atoms with van der Waals surface area (Å²) >= 11 is 0. The number of hydrogen-bond acceptors (Lipinski definition) is 3. The van der Waals surface area contributed by atoms with Crippen molar-refractivity contribution in [3.8, 4) is 0 Å². The molecule has 1 amide bonds. The number of amides is 1. The number of carbonyl (C=O) groups is 1. The van der Waals surface area contributed by atoms with Crippen molar-refractivity contribution in [3.05, 3.63) is 29.6 Å². The highest BCUT2D eigenvalue weighted by atomic mass is 19.1. The minimum Gasteiger partial charge on any atom is -0.370 e. The molecule has 0 bridgehead atoms. The molecule has 5 heteroatoms. The summed E-state index contributed by atoms with van der Waals surface area (Å²) < 4.78 is 13.9. The maximum absolute atomic E-state index is 13.9. The Bertz CT molecular complexity index is 476. The number of hydrogen-bond donors (Lipinski definition) is 2. The van der Waals surface area contributed by atoms with Gasteiger partial charge in [0.25, 0.3) is 0 Å². The van der Waals surface area contributed by atoms with Crippen LogP contribution in [0.25, 0.3) is 0 Å². The Morgan fingerprint density at radius 1 is 1.53 bits per heavy atom. The number of nitrogens with zero attached hydrogens (tertiary/aromatic N) is 1. The number of benzene rings is 1. The van der Waals surface area contributed by atoms with E-state index in [-0.39, 0.29) is 23.7 Å². The van der Waals surface area contributed by atoms with E-state index in [4.69, 9.17) is 11.5 Å². The maximum atomic E-state index is 13.9. The molecule has 0 spiro atoms. The number of carbonyl (C=O) groups excluding carboxylic acids is 1. The van der Waals surface area contributed by atoms with Crippen molar-refractivity contribution in [1.82, 2.24) is 0 Å². The summed E-state index contributed by atoms with van der Waals surface area (Å²) in [4.78, 5) is 13.3. The lowest BCUT2D eigenvalue weighted by Crippen LogP contribution is -2.41. The van der Waals surface area contributed by atoms with E-state index in [2.05, 4.69) is 0 Å². The normalized spacial score (nSPS) is 21.2. The Morgan fingerprint density at radius 3 is 2.89 bits per heavy atom. The lowest BCUT2D eigenvalue weighted by atomic mass is 9.95. The lowest BCUT2D eigenvalue weighted by Gasteiger charge is -2.35. The topological polar surface area (TPSA) is 72.3 Å². The van der Waals surface area contributed by atoms with Crippen molar-refractivity contribution in [2.45, 2.75) is 25.8 Å². The zero-order valence-corrected chi connectivity index (χ0v) is 11.1. The van der Waals surface area contributed by atoms with Crippen molar-refractivity contribution in [3.63, 3.8) is 0 Å². The fourth-order valence-electron chi connectivity index (χ4n) is 2.68. The van der Waals surface area contributed by atoms with Crippen LogP contribution in [0.5, 0.6) is 0 Å². The van der Waals surface area contributed by atoms with E-state index in [1.165, 1.54) is 6.07 Å². The van der Waals surface area contributed by atoms with Crippen molar-refractivity contribution in [1.29, 1.82) is 0 Å².